The molecule has 2 aromatic carbocycles. The summed E-state index contributed by atoms with van der Waals surface area (Å²) in [4.78, 5) is 38.6. The van der Waals surface area contributed by atoms with Crippen LogP contribution in [-0.4, -0.2) is 34.7 Å². The summed E-state index contributed by atoms with van der Waals surface area (Å²) in [6, 6.07) is 15.6. The van der Waals surface area contributed by atoms with Crippen molar-refractivity contribution in [3.63, 3.8) is 0 Å². The van der Waals surface area contributed by atoms with Crippen molar-refractivity contribution in [1.82, 2.24) is 15.1 Å². The number of amides is 2. The van der Waals surface area contributed by atoms with Crippen LogP contribution in [0.15, 0.2) is 65.5 Å². The lowest BCUT2D eigenvalue weighted by Gasteiger charge is -2.17. The molecule has 1 aliphatic rings. The Labute approximate surface area is 188 Å². The number of carbonyl (C=O) groups excluding carboxylic acids is 2. The van der Waals surface area contributed by atoms with E-state index in [1.807, 2.05) is 0 Å². The van der Waals surface area contributed by atoms with Crippen molar-refractivity contribution in [2.45, 2.75) is 13.0 Å². The van der Waals surface area contributed by atoms with E-state index in [1.54, 1.807) is 47.4 Å². The Morgan fingerprint density at radius 3 is 2.50 bits per heavy atom. The summed E-state index contributed by atoms with van der Waals surface area (Å²) in [7, 11) is 0. The smallest absolute Gasteiger partial charge is 0.266 e. The molecule has 1 unspecified atom stereocenters. The van der Waals surface area contributed by atoms with E-state index in [2.05, 4.69) is 10.4 Å². The zero-order valence-electron chi connectivity index (χ0n) is 17.0. The van der Waals surface area contributed by atoms with E-state index >= 15 is 0 Å². The Morgan fingerprint density at radius 1 is 1.06 bits per heavy atom. The van der Waals surface area contributed by atoms with E-state index in [4.69, 9.17) is 11.6 Å². The average Bonchev–Trinajstić information content (AvgIpc) is 3.18. The molecule has 2 amide bonds. The normalized spacial score (nSPS) is 15.8. The molecule has 1 aliphatic heterocycles. The first-order valence-corrected chi connectivity index (χ1v) is 10.5. The molecule has 7 nitrogen and oxygen atoms in total. The van der Waals surface area contributed by atoms with Crippen molar-refractivity contribution >= 4 is 29.1 Å². The highest BCUT2D eigenvalue weighted by atomic mass is 35.5. The molecule has 1 atom stereocenters. The predicted molar refractivity (Wildman–Crippen MR) is 119 cm³/mol. The second-order valence-electron chi connectivity index (χ2n) is 7.46. The van der Waals surface area contributed by atoms with Gasteiger partial charge in [-0.25, -0.2) is 9.07 Å². The van der Waals surface area contributed by atoms with Crippen molar-refractivity contribution in [2.24, 2.45) is 5.92 Å². The highest BCUT2D eigenvalue weighted by molar-refractivity contribution is 6.30. The van der Waals surface area contributed by atoms with Gasteiger partial charge in [0.1, 0.15) is 5.82 Å². The molecule has 0 aliphatic carbocycles. The molecule has 1 aromatic heterocycles. The van der Waals surface area contributed by atoms with E-state index < -0.39 is 5.92 Å². The maximum absolute atomic E-state index is 13.1. The maximum Gasteiger partial charge on any atom is 0.266 e. The fourth-order valence-corrected chi connectivity index (χ4v) is 3.69. The minimum absolute atomic E-state index is 0.118. The van der Waals surface area contributed by atoms with Gasteiger partial charge in [-0.15, -0.1) is 0 Å². The number of nitrogens with one attached hydrogen (secondary N) is 1. The van der Waals surface area contributed by atoms with Gasteiger partial charge in [-0.05, 0) is 54.6 Å². The van der Waals surface area contributed by atoms with E-state index in [1.165, 1.54) is 22.9 Å². The lowest BCUT2D eigenvalue weighted by molar-refractivity contribution is -0.126. The SMILES string of the molecule is O=C(NCCn1nc(-c2ccc(F)cc2)ccc1=O)C1CC(=O)N(c2ccc(Cl)cc2)C1. The second kappa shape index (κ2) is 9.32. The zero-order valence-corrected chi connectivity index (χ0v) is 17.8. The van der Waals surface area contributed by atoms with Crippen LogP contribution in [0, 0.1) is 11.7 Å². The molecule has 0 bridgehead atoms. The average molecular weight is 455 g/mol. The number of nitrogens with zero attached hydrogens (tertiary/aromatic N) is 3. The minimum Gasteiger partial charge on any atom is -0.354 e. The highest BCUT2D eigenvalue weighted by Crippen LogP contribution is 2.26. The van der Waals surface area contributed by atoms with E-state index in [-0.39, 0.29) is 49.2 Å². The number of anilines is 1. The number of halogens is 2. The van der Waals surface area contributed by atoms with Gasteiger partial charge in [-0.2, -0.15) is 5.10 Å². The van der Waals surface area contributed by atoms with E-state index in [0.29, 0.717) is 22.0 Å². The number of aromatic nitrogens is 2. The molecule has 0 saturated carbocycles. The van der Waals surface area contributed by atoms with Gasteiger partial charge in [-0.1, -0.05) is 11.6 Å². The van der Waals surface area contributed by atoms with Gasteiger partial charge < -0.3 is 10.2 Å². The van der Waals surface area contributed by atoms with Crippen LogP contribution in [0.4, 0.5) is 10.1 Å². The Bertz CT molecular complexity index is 1200. The number of hydrogen-bond acceptors (Lipinski definition) is 4. The topological polar surface area (TPSA) is 84.3 Å². The number of carbonyl (C=O) groups is 2. The van der Waals surface area contributed by atoms with Gasteiger partial charge in [0.15, 0.2) is 0 Å². The first-order chi connectivity index (χ1) is 15.4. The van der Waals surface area contributed by atoms with Crippen LogP contribution < -0.4 is 15.8 Å². The third-order valence-electron chi connectivity index (χ3n) is 5.26. The molecule has 32 heavy (non-hydrogen) atoms. The largest absolute Gasteiger partial charge is 0.354 e. The summed E-state index contributed by atoms with van der Waals surface area (Å²) < 4.78 is 14.4. The van der Waals surface area contributed by atoms with Crippen molar-refractivity contribution < 1.29 is 14.0 Å². The molecule has 2 heterocycles. The summed E-state index contributed by atoms with van der Waals surface area (Å²) in [5.74, 6) is -1.21. The van der Waals surface area contributed by atoms with Gasteiger partial charge in [0.05, 0.1) is 18.2 Å². The standard InChI is InChI=1S/C23H20ClFN4O3/c24-17-3-7-19(8-4-17)28-14-16(13-22(28)31)23(32)26-11-12-29-21(30)10-9-20(27-29)15-1-5-18(25)6-2-15/h1-10,16H,11-14H2,(H,26,32). The molecule has 0 radical (unpaired) electrons. The lowest BCUT2D eigenvalue weighted by atomic mass is 10.1. The van der Waals surface area contributed by atoms with Crippen molar-refractivity contribution in [1.29, 1.82) is 0 Å². The molecule has 3 aromatic rings. The first-order valence-electron chi connectivity index (χ1n) is 10.1. The van der Waals surface area contributed by atoms with Crippen LogP contribution in [0.3, 0.4) is 0 Å². The number of rotatable bonds is 6. The third-order valence-corrected chi connectivity index (χ3v) is 5.52. The van der Waals surface area contributed by atoms with E-state index in [0.717, 1.165) is 0 Å². The van der Waals surface area contributed by atoms with Gasteiger partial charge >= 0.3 is 0 Å². The first kappa shape index (κ1) is 21.7. The molecule has 9 heteroatoms. The molecule has 0 spiro atoms. The highest BCUT2D eigenvalue weighted by Gasteiger charge is 2.34. The van der Waals surface area contributed by atoms with Crippen molar-refractivity contribution in [3.8, 4) is 11.3 Å². The minimum atomic E-state index is -0.478. The summed E-state index contributed by atoms with van der Waals surface area (Å²) in [6.45, 7) is 0.635. The number of hydrogen-bond donors (Lipinski definition) is 1. The molecule has 4 rings (SSSR count). The summed E-state index contributed by atoms with van der Waals surface area (Å²) in [5, 5.41) is 7.65. The maximum atomic E-state index is 13.1. The number of benzene rings is 2. The Hall–Kier alpha value is -3.52. The van der Waals surface area contributed by atoms with Crippen molar-refractivity contribution in [2.75, 3.05) is 18.0 Å². The Kier molecular flexibility index (Phi) is 6.32. The zero-order chi connectivity index (χ0) is 22.7. The fraction of sp³-hybridized carbons (Fsp3) is 0.217. The van der Waals surface area contributed by atoms with Gasteiger partial charge in [0.25, 0.3) is 5.56 Å². The van der Waals surface area contributed by atoms with Crippen LogP contribution in [0.2, 0.25) is 5.02 Å². The summed E-state index contributed by atoms with van der Waals surface area (Å²) in [5.41, 5.74) is 1.59. The summed E-state index contributed by atoms with van der Waals surface area (Å²) in [6.07, 6.45) is 0.118. The van der Waals surface area contributed by atoms with Gasteiger partial charge in [0, 0.05) is 41.9 Å². The molecule has 164 valence electrons. The monoisotopic (exact) mass is 454 g/mol. The molecule has 1 saturated heterocycles. The van der Waals surface area contributed by atoms with Crippen LogP contribution >= 0.6 is 11.6 Å². The van der Waals surface area contributed by atoms with E-state index in [9.17, 15) is 18.8 Å². The summed E-state index contributed by atoms with van der Waals surface area (Å²) >= 11 is 5.89. The predicted octanol–water partition coefficient (Wildman–Crippen LogP) is 2.87. The fourth-order valence-electron chi connectivity index (χ4n) is 3.57. The Morgan fingerprint density at radius 2 is 1.78 bits per heavy atom. The van der Waals surface area contributed by atoms with Gasteiger partial charge in [-0.3, -0.25) is 14.4 Å². The quantitative estimate of drug-likeness (QED) is 0.620. The molecule has 1 fully saturated rings. The van der Waals surface area contributed by atoms with Crippen molar-refractivity contribution in [3.05, 3.63) is 81.9 Å². The van der Waals surface area contributed by atoms with Crippen LogP contribution in [0.25, 0.3) is 11.3 Å². The second-order valence-corrected chi connectivity index (χ2v) is 7.90. The molecular formula is C23H20ClFN4O3. The van der Waals surface area contributed by atoms with Gasteiger partial charge in [0.2, 0.25) is 11.8 Å². The van der Waals surface area contributed by atoms with Crippen LogP contribution in [0.5, 0.6) is 0 Å². The molecule has 1 N–H and O–H groups in total. The molecular weight excluding hydrogens is 435 g/mol. The Balaban J connectivity index is 1.35. The lowest BCUT2D eigenvalue weighted by Crippen LogP contribution is -2.36. The third kappa shape index (κ3) is 4.86. The van der Waals surface area contributed by atoms with Crippen LogP contribution in [0.1, 0.15) is 6.42 Å². The van der Waals surface area contributed by atoms with Crippen LogP contribution in [-0.2, 0) is 16.1 Å².